The third kappa shape index (κ3) is 27.7. The molecule has 25 N–H and O–H groups in total. The van der Waals surface area contributed by atoms with Crippen LogP contribution in [-0.4, -0.2) is 205 Å². The molecular formula is C50H85F3N20O12. The average molecular weight is 1220 g/mol. The van der Waals surface area contributed by atoms with E-state index in [-0.39, 0.29) is 89.2 Å². The van der Waals surface area contributed by atoms with Crippen LogP contribution in [0.15, 0.2) is 34.3 Å². The van der Waals surface area contributed by atoms with E-state index in [4.69, 9.17) is 45.9 Å². The lowest BCUT2D eigenvalue weighted by Gasteiger charge is -2.28. The molecular weight excluding hydrogens is 1130 g/mol. The van der Waals surface area contributed by atoms with Gasteiger partial charge in [0, 0.05) is 51.0 Å². The van der Waals surface area contributed by atoms with Gasteiger partial charge in [-0.25, -0.2) is 14.8 Å². The van der Waals surface area contributed by atoms with Gasteiger partial charge in [-0.15, -0.1) is 0 Å². The molecule has 35 heteroatoms. The molecule has 0 spiro atoms. The maximum absolute atomic E-state index is 14.5. The lowest BCUT2D eigenvalue weighted by molar-refractivity contribution is -0.205. The van der Waals surface area contributed by atoms with Crippen molar-refractivity contribution in [1.82, 2.24) is 52.1 Å². The number of amides is 9. The molecule has 1 aliphatic heterocycles. The maximum Gasteiger partial charge on any atom is 0.490 e. The number of hydrogen-bond donors (Lipinski definition) is 17. The predicted molar refractivity (Wildman–Crippen MR) is 302 cm³/mol. The SMILES string of the molecule is NCCCCNC(=O)[C@H](CCCCN)NC(=O)/C(=C/CCN=C(N)N)NC(=O)[C@H](CCCCN)NC(=O)[C@H](Cc1cnc[nH]1)NC(=O)[C@@H]1CCCN1C(=O)C(CCCN)=NC(=O)CNC(=O)[C@@H](NC(=O)C[C@@H](O)CN)[C@H](CN)OC(=O)C(F)(F)F. The summed E-state index contributed by atoms with van der Waals surface area (Å²) >= 11 is 0. The number of aliphatic hydroxyl groups excluding tert-OH is 1. The Bertz CT molecular complexity index is 2430. The molecule has 478 valence electrons. The lowest BCUT2D eigenvalue weighted by atomic mass is 10.1. The Hall–Kier alpha value is -7.70. The van der Waals surface area contributed by atoms with Crippen LogP contribution in [-0.2, 0) is 59.1 Å². The number of aromatic amines is 1. The molecule has 0 aromatic carbocycles. The quantitative estimate of drug-likeness (QED) is 0.00955. The molecule has 0 unspecified atom stereocenters. The van der Waals surface area contributed by atoms with Gasteiger partial charge in [-0.3, -0.25) is 48.1 Å². The van der Waals surface area contributed by atoms with Crippen molar-refractivity contribution >= 4 is 70.8 Å². The zero-order chi connectivity index (χ0) is 63.5. The van der Waals surface area contributed by atoms with E-state index in [1.165, 1.54) is 18.6 Å². The molecule has 1 fully saturated rings. The Morgan fingerprint density at radius 1 is 0.788 bits per heavy atom. The summed E-state index contributed by atoms with van der Waals surface area (Å²) in [6.45, 7) is -1.22. The number of unbranched alkanes of at least 4 members (excludes halogenated alkanes) is 3. The summed E-state index contributed by atoms with van der Waals surface area (Å²) in [5.41, 5.74) is 44.3. The Kier molecular flexibility index (Phi) is 34.3. The number of rotatable bonds is 40. The van der Waals surface area contributed by atoms with Crippen molar-refractivity contribution in [2.24, 2.45) is 55.9 Å². The maximum atomic E-state index is 14.5. The number of alkyl halides is 3. The van der Waals surface area contributed by atoms with Crippen LogP contribution in [0.5, 0.6) is 0 Å². The van der Waals surface area contributed by atoms with Gasteiger partial charge >= 0.3 is 12.1 Å². The number of carbonyl (C=O) groups excluding carboxylic acids is 10. The number of likely N-dealkylation sites (tertiary alicyclic amines) is 1. The zero-order valence-corrected chi connectivity index (χ0v) is 47.4. The van der Waals surface area contributed by atoms with Gasteiger partial charge in [-0.2, -0.15) is 13.2 Å². The second-order valence-corrected chi connectivity index (χ2v) is 19.5. The third-order valence-corrected chi connectivity index (χ3v) is 12.7. The van der Waals surface area contributed by atoms with Crippen molar-refractivity contribution in [3.63, 3.8) is 0 Å². The number of carbonyl (C=O) groups is 10. The summed E-state index contributed by atoms with van der Waals surface area (Å²) < 4.78 is 43.8. The monoisotopic (exact) mass is 1210 g/mol. The van der Waals surface area contributed by atoms with Gasteiger partial charge in [0.05, 0.1) is 25.4 Å². The molecule has 2 rings (SSSR count). The number of nitrogens with one attached hydrogen (secondary N) is 8. The first-order chi connectivity index (χ1) is 40.4. The van der Waals surface area contributed by atoms with E-state index in [0.29, 0.717) is 63.9 Å². The Morgan fingerprint density at radius 3 is 2.02 bits per heavy atom. The zero-order valence-electron chi connectivity index (χ0n) is 47.4. The number of hydrogen-bond acceptors (Lipinski definition) is 20. The van der Waals surface area contributed by atoms with Crippen LogP contribution in [0.4, 0.5) is 13.2 Å². The molecule has 7 atom stereocenters. The average Bonchev–Trinajstić information content (AvgIpc) is 3.54. The van der Waals surface area contributed by atoms with Crippen molar-refractivity contribution in [2.75, 3.05) is 65.4 Å². The molecule has 2 heterocycles. The number of esters is 1. The highest BCUT2D eigenvalue weighted by Gasteiger charge is 2.45. The second kappa shape index (κ2) is 39.8. The normalized spacial score (nSPS) is 15.6. The summed E-state index contributed by atoms with van der Waals surface area (Å²) in [6.07, 6.45) is -2.72. The predicted octanol–water partition coefficient (Wildman–Crippen LogP) is -6.38. The van der Waals surface area contributed by atoms with Crippen LogP contribution < -0.4 is 83.1 Å². The molecule has 1 aromatic heterocycles. The molecule has 0 bridgehead atoms. The van der Waals surface area contributed by atoms with Crippen LogP contribution >= 0.6 is 0 Å². The molecule has 1 aliphatic rings. The Labute approximate surface area is 488 Å². The van der Waals surface area contributed by atoms with E-state index in [1.807, 2.05) is 5.32 Å². The van der Waals surface area contributed by atoms with Crippen molar-refractivity contribution in [2.45, 2.75) is 145 Å². The topological polar surface area (TPSA) is 549 Å². The van der Waals surface area contributed by atoms with Gasteiger partial charge < -0.3 is 103 Å². The van der Waals surface area contributed by atoms with Gasteiger partial charge in [-0.05, 0) is 110 Å². The first-order valence-electron chi connectivity index (χ1n) is 27.8. The summed E-state index contributed by atoms with van der Waals surface area (Å²) in [6, 6.07) is -7.31. The second-order valence-electron chi connectivity index (χ2n) is 19.5. The van der Waals surface area contributed by atoms with Crippen LogP contribution in [0, 0.1) is 0 Å². The Balaban J connectivity index is 2.47. The van der Waals surface area contributed by atoms with Crippen molar-refractivity contribution in [3.05, 3.63) is 30.0 Å². The number of halogens is 3. The van der Waals surface area contributed by atoms with Crippen LogP contribution in [0.25, 0.3) is 0 Å². The highest BCUT2D eigenvalue weighted by atomic mass is 19.4. The first kappa shape index (κ1) is 73.4. The third-order valence-electron chi connectivity index (χ3n) is 12.7. The van der Waals surface area contributed by atoms with Crippen molar-refractivity contribution in [1.29, 1.82) is 0 Å². The van der Waals surface area contributed by atoms with Gasteiger partial charge in [0.2, 0.25) is 35.4 Å². The minimum Gasteiger partial charge on any atom is -0.452 e. The molecule has 1 saturated heterocycles. The number of nitrogens with zero attached hydrogens (tertiary/aromatic N) is 4. The van der Waals surface area contributed by atoms with E-state index >= 15 is 0 Å². The smallest absolute Gasteiger partial charge is 0.452 e. The van der Waals surface area contributed by atoms with Gasteiger partial charge in [0.15, 0.2) is 5.96 Å². The molecule has 1 aromatic rings. The highest BCUT2D eigenvalue weighted by molar-refractivity contribution is 6.40. The van der Waals surface area contributed by atoms with E-state index in [2.05, 4.69) is 56.6 Å². The van der Waals surface area contributed by atoms with Crippen LogP contribution in [0.3, 0.4) is 0 Å². The van der Waals surface area contributed by atoms with Crippen LogP contribution in [0.2, 0.25) is 0 Å². The fourth-order valence-electron chi connectivity index (χ4n) is 8.26. The summed E-state index contributed by atoms with van der Waals surface area (Å²) in [5.74, 6) is -11.5. The number of aliphatic hydroxyl groups is 1. The molecule has 0 aliphatic carbocycles. The van der Waals surface area contributed by atoms with Crippen molar-refractivity contribution in [3.8, 4) is 0 Å². The number of ether oxygens (including phenoxy) is 1. The number of guanidine groups is 1. The summed E-state index contributed by atoms with van der Waals surface area (Å²) in [7, 11) is 0. The minimum absolute atomic E-state index is 0.000395. The fourth-order valence-corrected chi connectivity index (χ4v) is 8.26. The van der Waals surface area contributed by atoms with Crippen molar-refractivity contribution < 1.29 is 71.0 Å². The molecule has 0 saturated carbocycles. The first-order valence-corrected chi connectivity index (χ1v) is 27.8. The summed E-state index contributed by atoms with van der Waals surface area (Å²) in [5, 5.41) is 27.3. The molecule has 0 radical (unpaired) electrons. The summed E-state index contributed by atoms with van der Waals surface area (Å²) in [4.78, 5) is 151. The van der Waals surface area contributed by atoms with Gasteiger partial charge in [0.1, 0.15) is 47.7 Å². The van der Waals surface area contributed by atoms with Crippen LogP contribution in [0.1, 0.15) is 95.6 Å². The number of imidazole rings is 1. The Morgan fingerprint density at radius 2 is 1.44 bits per heavy atom. The molecule has 32 nitrogen and oxygen atoms in total. The lowest BCUT2D eigenvalue weighted by Crippen LogP contribution is -2.58. The van der Waals surface area contributed by atoms with E-state index < -0.39 is 139 Å². The van der Waals surface area contributed by atoms with E-state index in [0.717, 1.165) is 4.90 Å². The molecule has 9 amide bonds. The highest BCUT2D eigenvalue weighted by Crippen LogP contribution is 2.21. The van der Waals surface area contributed by atoms with E-state index in [9.17, 15) is 66.2 Å². The van der Waals surface area contributed by atoms with Gasteiger partial charge in [-0.1, -0.05) is 6.08 Å². The van der Waals surface area contributed by atoms with Gasteiger partial charge in [0.25, 0.3) is 17.7 Å². The van der Waals surface area contributed by atoms with E-state index in [1.54, 1.807) is 0 Å². The number of nitrogens with two attached hydrogens (primary N) is 8. The number of H-pyrrole nitrogens is 1. The number of aromatic nitrogens is 2. The number of aliphatic imine (C=N–C) groups is 2. The molecule has 85 heavy (non-hydrogen) atoms. The minimum atomic E-state index is -5.54. The fraction of sp³-hybridized carbons (Fsp3) is 0.660. The standard InChI is InChI=1S/C50H85F3N20O12/c51-50(52,53)48(84)85-37(25-59)40(72-38(75)23-30(74)24-58)46(82)65-27-39(76)67-34(12-7-18-57)47(83)73-21-9-14-36(73)45(81)71-35(22-29-26-62-28-66-29)44(80)70-32(11-2-4-16-55)42(78)69-33(13-8-20-64-49(60)61)43(79)68-31(10-1-3-15-54)41(77)63-19-6-5-17-56/h13,26,28,30-32,35-37,40,74H,1-12,14-25,27,54-59H2,(H,62,66)(H,63,77)(H,65,82)(H,68,79)(H,69,78)(H,70,80)(H,71,81)(H,72,75)(H4,60,61,64)/b33-13-,67-34?/t30-,31+,32+,35+,36+,37+,40+/m1/s1. The largest absolute Gasteiger partial charge is 0.490 e.